The van der Waals surface area contributed by atoms with E-state index in [4.69, 9.17) is 32.7 Å². The molecule has 0 atom stereocenters. The lowest BCUT2D eigenvalue weighted by Gasteiger charge is -2.11. The molecule has 2 aromatic heterocycles. The predicted octanol–water partition coefficient (Wildman–Crippen LogP) is 4.49. The largest absolute Gasteiger partial charge is 0.424 e. The molecular formula is C20H14Cl2N8O2. The monoisotopic (exact) mass is 468 g/mol. The Hall–Kier alpha value is -3.76. The number of nitrogens with zero attached hydrogens (tertiary/aromatic N) is 6. The van der Waals surface area contributed by atoms with Crippen molar-refractivity contribution in [3.8, 4) is 23.5 Å². The van der Waals surface area contributed by atoms with Crippen molar-refractivity contribution >= 4 is 35.1 Å². The number of hydrogen-bond donors (Lipinski definition) is 2. The van der Waals surface area contributed by atoms with Gasteiger partial charge in [0.25, 0.3) is 0 Å². The summed E-state index contributed by atoms with van der Waals surface area (Å²) < 4.78 is 11.5. The minimum atomic E-state index is 0.00427. The minimum absolute atomic E-state index is 0.00427. The van der Waals surface area contributed by atoms with Gasteiger partial charge in [-0.2, -0.15) is 29.9 Å². The van der Waals surface area contributed by atoms with Crippen molar-refractivity contribution in [1.29, 1.82) is 0 Å². The third-order valence-corrected chi connectivity index (χ3v) is 4.63. The van der Waals surface area contributed by atoms with Crippen LogP contribution in [0.15, 0.2) is 48.5 Å². The van der Waals surface area contributed by atoms with Crippen molar-refractivity contribution in [1.82, 2.24) is 29.9 Å². The summed E-state index contributed by atoms with van der Waals surface area (Å²) in [6, 6.07) is 14.8. The maximum Gasteiger partial charge on any atom is 0.328 e. The Labute approximate surface area is 192 Å². The highest BCUT2D eigenvalue weighted by Gasteiger charge is 2.11. The van der Waals surface area contributed by atoms with Gasteiger partial charge in [-0.3, -0.25) is 0 Å². The molecule has 0 fully saturated rings. The molecule has 0 amide bonds. The molecule has 4 aromatic rings. The highest BCUT2D eigenvalue weighted by atomic mass is 35.5. The van der Waals surface area contributed by atoms with Gasteiger partial charge in [0.05, 0.1) is 0 Å². The van der Waals surface area contributed by atoms with Crippen molar-refractivity contribution in [2.75, 3.05) is 10.6 Å². The average molecular weight is 469 g/mol. The zero-order chi connectivity index (χ0) is 21.9. The normalized spacial score (nSPS) is 12.8. The van der Waals surface area contributed by atoms with Crippen LogP contribution in [0.25, 0.3) is 0 Å². The number of benzene rings is 2. The van der Waals surface area contributed by atoms with Crippen LogP contribution in [-0.2, 0) is 13.1 Å². The van der Waals surface area contributed by atoms with Gasteiger partial charge in [-0.05, 0) is 46.5 Å². The minimum Gasteiger partial charge on any atom is -0.424 e. The number of hydrogen-bond acceptors (Lipinski definition) is 10. The molecule has 10 nitrogen and oxygen atoms in total. The predicted molar refractivity (Wildman–Crippen MR) is 117 cm³/mol. The number of nitrogens with one attached hydrogen (secondary N) is 2. The topological polar surface area (TPSA) is 120 Å². The van der Waals surface area contributed by atoms with Gasteiger partial charge >= 0.3 is 12.0 Å². The molecule has 32 heavy (non-hydrogen) atoms. The highest BCUT2D eigenvalue weighted by Crippen LogP contribution is 2.27. The third kappa shape index (κ3) is 4.93. The second-order valence-corrected chi connectivity index (χ2v) is 7.30. The summed E-state index contributed by atoms with van der Waals surface area (Å²) in [6.45, 7) is 0.942. The van der Waals surface area contributed by atoms with Crippen LogP contribution in [0.3, 0.4) is 0 Å². The SMILES string of the molecule is Clc1nc2nc(n1)Oc1cccc(c1)Oc1nc(Cl)nc(n1)NCc1cccc(c1)CN2. The summed E-state index contributed by atoms with van der Waals surface area (Å²) >= 11 is 12.1. The molecule has 8 bridgehead atoms. The van der Waals surface area contributed by atoms with E-state index in [-0.39, 0.29) is 22.6 Å². The third-order valence-electron chi connectivity index (χ3n) is 4.29. The van der Waals surface area contributed by atoms with Crippen LogP contribution in [0.1, 0.15) is 11.1 Å². The molecule has 2 aromatic carbocycles. The van der Waals surface area contributed by atoms with Gasteiger partial charge in [0.2, 0.25) is 22.5 Å². The molecule has 0 spiro atoms. The van der Waals surface area contributed by atoms with E-state index < -0.39 is 0 Å². The fraction of sp³-hybridized carbons (Fsp3) is 0.100. The Balaban J connectivity index is 1.54. The summed E-state index contributed by atoms with van der Waals surface area (Å²) in [5.74, 6) is 1.42. The molecule has 12 heteroatoms. The second kappa shape index (κ2) is 8.77. The Morgan fingerprint density at radius 3 is 1.66 bits per heavy atom. The van der Waals surface area contributed by atoms with E-state index in [2.05, 4.69) is 40.5 Å². The summed E-state index contributed by atoms with van der Waals surface area (Å²) in [4.78, 5) is 24.8. The van der Waals surface area contributed by atoms with E-state index in [0.717, 1.165) is 11.1 Å². The van der Waals surface area contributed by atoms with E-state index in [1.54, 1.807) is 24.3 Å². The first-order valence-electron chi connectivity index (χ1n) is 9.43. The van der Waals surface area contributed by atoms with Gasteiger partial charge in [0.1, 0.15) is 11.5 Å². The van der Waals surface area contributed by atoms with Crippen molar-refractivity contribution in [3.63, 3.8) is 0 Å². The van der Waals surface area contributed by atoms with E-state index in [1.807, 2.05) is 24.3 Å². The van der Waals surface area contributed by atoms with Crippen LogP contribution in [0.4, 0.5) is 11.9 Å². The van der Waals surface area contributed by atoms with E-state index in [9.17, 15) is 0 Å². The molecule has 160 valence electrons. The van der Waals surface area contributed by atoms with Crippen LogP contribution in [0, 0.1) is 0 Å². The van der Waals surface area contributed by atoms with Crippen LogP contribution in [0.5, 0.6) is 23.5 Å². The number of halogens is 2. The molecule has 0 aliphatic carbocycles. The quantitative estimate of drug-likeness (QED) is 0.381. The van der Waals surface area contributed by atoms with Gasteiger partial charge in [-0.25, -0.2) is 0 Å². The summed E-state index contributed by atoms with van der Waals surface area (Å²) in [6.07, 6.45) is 0. The Morgan fingerprint density at radius 1 is 0.625 bits per heavy atom. The number of ether oxygens (including phenoxy) is 2. The van der Waals surface area contributed by atoms with Crippen molar-refractivity contribution in [2.45, 2.75) is 13.1 Å². The van der Waals surface area contributed by atoms with E-state index >= 15 is 0 Å². The molecule has 0 saturated carbocycles. The van der Waals surface area contributed by atoms with Crippen LogP contribution >= 0.6 is 23.2 Å². The van der Waals surface area contributed by atoms with Crippen LogP contribution < -0.4 is 20.1 Å². The number of fused-ring (bicyclic) bond motifs is 8. The van der Waals surface area contributed by atoms with E-state index in [0.29, 0.717) is 36.5 Å². The smallest absolute Gasteiger partial charge is 0.328 e. The number of aromatic nitrogens is 6. The van der Waals surface area contributed by atoms with Gasteiger partial charge < -0.3 is 20.1 Å². The first-order valence-corrected chi connectivity index (χ1v) is 10.2. The Morgan fingerprint density at radius 2 is 1.12 bits per heavy atom. The van der Waals surface area contributed by atoms with Crippen molar-refractivity contribution < 1.29 is 9.47 Å². The fourth-order valence-corrected chi connectivity index (χ4v) is 3.24. The lowest BCUT2D eigenvalue weighted by molar-refractivity contribution is 0.421. The Bertz CT molecular complexity index is 1200. The molecule has 5 rings (SSSR count). The zero-order valence-corrected chi connectivity index (χ0v) is 17.8. The summed E-state index contributed by atoms with van der Waals surface area (Å²) in [5, 5.41) is 6.28. The summed E-state index contributed by atoms with van der Waals surface area (Å²) in [7, 11) is 0. The van der Waals surface area contributed by atoms with Gasteiger partial charge in [0, 0.05) is 19.2 Å². The maximum absolute atomic E-state index is 6.06. The van der Waals surface area contributed by atoms with E-state index in [1.165, 1.54) is 0 Å². The van der Waals surface area contributed by atoms with Crippen molar-refractivity contribution in [2.24, 2.45) is 0 Å². The first-order chi connectivity index (χ1) is 15.6. The molecule has 3 heterocycles. The average Bonchev–Trinajstić information content (AvgIpc) is 2.76. The molecule has 0 unspecified atom stereocenters. The standard InChI is InChI=1S/C20H14Cl2N8O2/c21-15-25-17-23-9-11-3-1-4-12(7-11)10-24-18-26-16(22)28-20(30-18)32-14-6-2-5-13(8-14)31-19(27-15)29-17/h1-8H,9-10H2,(H,23,25,27,29)(H,24,26,28,30). The first kappa shape index (κ1) is 20.2. The van der Waals surface area contributed by atoms with Gasteiger partial charge in [-0.15, -0.1) is 0 Å². The summed E-state index contributed by atoms with van der Waals surface area (Å²) in [5.41, 5.74) is 2.02. The number of rotatable bonds is 0. The number of anilines is 2. The molecule has 1 aliphatic heterocycles. The van der Waals surface area contributed by atoms with Gasteiger partial charge in [0.15, 0.2) is 0 Å². The van der Waals surface area contributed by atoms with Gasteiger partial charge in [-0.1, -0.05) is 30.3 Å². The molecule has 2 N–H and O–H groups in total. The maximum atomic E-state index is 6.06. The molecule has 0 saturated heterocycles. The molecule has 0 radical (unpaired) electrons. The lowest BCUT2D eigenvalue weighted by Crippen LogP contribution is -2.08. The Kier molecular flexibility index (Phi) is 5.53. The lowest BCUT2D eigenvalue weighted by atomic mass is 10.1. The molecular weight excluding hydrogens is 455 g/mol. The highest BCUT2D eigenvalue weighted by molar-refractivity contribution is 6.28. The second-order valence-electron chi connectivity index (χ2n) is 6.63. The van der Waals surface area contributed by atoms with Crippen LogP contribution in [-0.4, -0.2) is 29.9 Å². The van der Waals surface area contributed by atoms with Crippen molar-refractivity contribution in [3.05, 3.63) is 70.2 Å². The fourth-order valence-electron chi connectivity index (χ4n) is 2.94. The molecule has 1 aliphatic rings. The van der Waals surface area contributed by atoms with Crippen LogP contribution in [0.2, 0.25) is 10.6 Å². The zero-order valence-electron chi connectivity index (χ0n) is 16.3.